The van der Waals surface area contributed by atoms with Crippen LogP contribution in [0.2, 0.25) is 0 Å². The van der Waals surface area contributed by atoms with Crippen LogP contribution in [0.15, 0.2) is 46.4 Å². The van der Waals surface area contributed by atoms with E-state index in [1.54, 1.807) is 0 Å². The van der Waals surface area contributed by atoms with Gasteiger partial charge in [-0.25, -0.2) is 9.97 Å². The topological polar surface area (TPSA) is 50.5 Å². The molecule has 5 rings (SSSR count). The summed E-state index contributed by atoms with van der Waals surface area (Å²) in [6.07, 6.45) is 7.20. The van der Waals surface area contributed by atoms with Crippen LogP contribution in [0.3, 0.4) is 0 Å². The summed E-state index contributed by atoms with van der Waals surface area (Å²) in [5, 5.41) is 1.98. The van der Waals surface area contributed by atoms with Crippen molar-refractivity contribution in [3.63, 3.8) is 0 Å². The highest BCUT2D eigenvalue weighted by Crippen LogP contribution is 2.32. The van der Waals surface area contributed by atoms with Crippen molar-refractivity contribution in [2.45, 2.75) is 44.2 Å². The highest BCUT2D eigenvalue weighted by Gasteiger charge is 2.31. The lowest BCUT2D eigenvalue weighted by Crippen LogP contribution is -2.21. The second-order valence-corrected chi connectivity index (χ2v) is 6.66. The second kappa shape index (κ2) is 4.82. The molecular formula is C19H18N4. The first-order valence-electron chi connectivity index (χ1n) is 8.48. The fourth-order valence-electron chi connectivity index (χ4n) is 3.82. The van der Waals surface area contributed by atoms with Gasteiger partial charge in [-0.1, -0.05) is 25.0 Å². The van der Waals surface area contributed by atoms with Crippen LogP contribution < -0.4 is 10.7 Å². The average molecular weight is 302 g/mol. The Labute approximate surface area is 134 Å². The maximum absolute atomic E-state index is 5.00. The number of benzene rings is 2. The van der Waals surface area contributed by atoms with E-state index in [4.69, 9.17) is 20.0 Å². The van der Waals surface area contributed by atoms with E-state index in [1.807, 2.05) is 24.3 Å². The zero-order valence-electron chi connectivity index (χ0n) is 13.0. The Morgan fingerprint density at radius 3 is 1.70 bits per heavy atom. The van der Waals surface area contributed by atoms with Crippen molar-refractivity contribution in [2.75, 3.05) is 0 Å². The SMILES string of the molecule is c1ccc2nc3cc4c(cc3nc2c1)=NC1(CCCCCC1)N=4. The number of rotatable bonds is 0. The van der Waals surface area contributed by atoms with Crippen LogP contribution in [0.25, 0.3) is 22.1 Å². The summed E-state index contributed by atoms with van der Waals surface area (Å²) in [6, 6.07) is 12.1. The van der Waals surface area contributed by atoms with Gasteiger partial charge in [0.15, 0.2) is 5.66 Å². The molecule has 0 radical (unpaired) electrons. The van der Waals surface area contributed by atoms with Crippen molar-refractivity contribution in [1.82, 2.24) is 9.97 Å². The molecule has 0 amide bonds. The minimum absolute atomic E-state index is 0.213. The van der Waals surface area contributed by atoms with E-state index in [1.165, 1.54) is 25.7 Å². The van der Waals surface area contributed by atoms with E-state index >= 15 is 0 Å². The van der Waals surface area contributed by atoms with Crippen LogP contribution in [0.5, 0.6) is 0 Å². The molecule has 1 spiro atoms. The smallest absolute Gasteiger partial charge is 0.151 e. The van der Waals surface area contributed by atoms with Crippen LogP contribution in [0.4, 0.5) is 0 Å². The Morgan fingerprint density at radius 2 is 1.17 bits per heavy atom. The van der Waals surface area contributed by atoms with Gasteiger partial charge >= 0.3 is 0 Å². The maximum Gasteiger partial charge on any atom is 0.151 e. The van der Waals surface area contributed by atoms with Gasteiger partial charge in [-0.15, -0.1) is 0 Å². The number of nitrogens with zero attached hydrogens (tertiary/aromatic N) is 4. The summed E-state index contributed by atoms with van der Waals surface area (Å²) in [4.78, 5) is 19.5. The quantitative estimate of drug-likeness (QED) is 0.599. The van der Waals surface area contributed by atoms with Gasteiger partial charge in [-0.3, -0.25) is 9.98 Å². The zero-order chi connectivity index (χ0) is 15.3. The minimum Gasteiger partial charge on any atom is -0.253 e. The molecular weight excluding hydrogens is 284 g/mol. The second-order valence-electron chi connectivity index (χ2n) is 6.66. The van der Waals surface area contributed by atoms with Gasteiger partial charge in [0, 0.05) is 0 Å². The van der Waals surface area contributed by atoms with Crippen molar-refractivity contribution in [3.8, 4) is 0 Å². The van der Waals surface area contributed by atoms with Gasteiger partial charge < -0.3 is 0 Å². The summed E-state index contributed by atoms with van der Waals surface area (Å²) in [7, 11) is 0. The molecule has 4 heteroatoms. The lowest BCUT2D eigenvalue weighted by atomic mass is 10.0. The van der Waals surface area contributed by atoms with E-state index in [0.29, 0.717) is 0 Å². The van der Waals surface area contributed by atoms with E-state index in [9.17, 15) is 0 Å². The normalized spacial score (nSPS) is 19.3. The van der Waals surface area contributed by atoms with E-state index in [-0.39, 0.29) is 5.66 Å². The fourth-order valence-corrected chi connectivity index (χ4v) is 3.82. The van der Waals surface area contributed by atoms with Crippen molar-refractivity contribution in [1.29, 1.82) is 0 Å². The molecule has 23 heavy (non-hydrogen) atoms. The molecule has 2 heterocycles. The third kappa shape index (κ3) is 2.12. The van der Waals surface area contributed by atoms with Crippen LogP contribution in [-0.4, -0.2) is 15.6 Å². The lowest BCUT2D eigenvalue weighted by Gasteiger charge is -2.20. The molecule has 0 unspecified atom stereocenters. The van der Waals surface area contributed by atoms with Crippen molar-refractivity contribution < 1.29 is 0 Å². The molecule has 0 N–H and O–H groups in total. The fraction of sp³-hybridized carbons (Fsp3) is 0.368. The van der Waals surface area contributed by atoms with Gasteiger partial charge in [0.1, 0.15) is 0 Å². The summed E-state index contributed by atoms with van der Waals surface area (Å²) < 4.78 is 0. The van der Waals surface area contributed by atoms with Gasteiger partial charge in [0.25, 0.3) is 0 Å². The summed E-state index contributed by atoms with van der Waals surface area (Å²) >= 11 is 0. The first kappa shape index (κ1) is 13.1. The van der Waals surface area contributed by atoms with Crippen LogP contribution >= 0.6 is 0 Å². The van der Waals surface area contributed by atoms with E-state index in [2.05, 4.69) is 12.1 Å². The van der Waals surface area contributed by atoms with Gasteiger partial charge in [0.05, 0.1) is 32.8 Å². The maximum atomic E-state index is 5.00. The summed E-state index contributed by atoms with van der Waals surface area (Å²) in [6.45, 7) is 0. The molecule has 1 saturated carbocycles. The molecule has 3 aromatic rings. The number of aromatic nitrogens is 2. The van der Waals surface area contributed by atoms with Crippen LogP contribution in [-0.2, 0) is 0 Å². The molecule has 114 valence electrons. The van der Waals surface area contributed by atoms with Crippen LogP contribution in [0, 0.1) is 0 Å². The van der Waals surface area contributed by atoms with Gasteiger partial charge in [-0.2, -0.15) is 0 Å². The van der Waals surface area contributed by atoms with E-state index < -0.39 is 0 Å². The predicted octanol–water partition coefficient (Wildman–Crippen LogP) is 3.09. The monoisotopic (exact) mass is 302 g/mol. The molecule has 1 aromatic heterocycles. The first-order valence-corrected chi connectivity index (χ1v) is 8.48. The standard InChI is InChI=1S/C19H18N4/c1-2-6-10-19(9-5-1)22-17-11-15-16(12-18(17)23-19)21-14-8-4-3-7-13(14)20-15/h3-4,7-8,11-12H,1-2,5-6,9-10H2. The highest BCUT2D eigenvalue weighted by atomic mass is 15.1. The first-order chi connectivity index (χ1) is 11.3. The molecule has 1 fully saturated rings. The average Bonchev–Trinajstić information content (AvgIpc) is 2.74. The Morgan fingerprint density at radius 1 is 0.652 bits per heavy atom. The molecule has 4 nitrogen and oxygen atoms in total. The molecule has 0 bridgehead atoms. The minimum atomic E-state index is -0.213. The van der Waals surface area contributed by atoms with Crippen molar-refractivity contribution >= 4 is 22.1 Å². The molecule has 1 aliphatic carbocycles. The third-order valence-corrected chi connectivity index (χ3v) is 5.00. The Hall–Kier alpha value is -2.36. The molecule has 0 saturated heterocycles. The van der Waals surface area contributed by atoms with Crippen molar-refractivity contribution in [3.05, 3.63) is 47.1 Å². The lowest BCUT2D eigenvalue weighted by molar-refractivity contribution is 0.390. The number of fused-ring (bicyclic) bond motifs is 3. The summed E-state index contributed by atoms with van der Waals surface area (Å²) in [5.74, 6) is 0. The van der Waals surface area contributed by atoms with Gasteiger partial charge in [-0.05, 0) is 49.9 Å². The molecule has 0 atom stereocenters. The number of hydrogen-bond acceptors (Lipinski definition) is 4. The summed E-state index contributed by atoms with van der Waals surface area (Å²) in [5.41, 5.74) is 3.47. The number of para-hydroxylation sites is 2. The largest absolute Gasteiger partial charge is 0.253 e. The third-order valence-electron chi connectivity index (χ3n) is 5.00. The molecule has 2 aliphatic rings. The Bertz CT molecular complexity index is 954. The van der Waals surface area contributed by atoms with Crippen LogP contribution in [0.1, 0.15) is 38.5 Å². The Kier molecular flexibility index (Phi) is 2.75. The molecule has 1 aliphatic heterocycles. The van der Waals surface area contributed by atoms with E-state index in [0.717, 1.165) is 45.6 Å². The predicted molar refractivity (Wildman–Crippen MR) is 89.8 cm³/mol. The Balaban J connectivity index is 1.75. The highest BCUT2D eigenvalue weighted by molar-refractivity contribution is 5.85. The zero-order valence-corrected chi connectivity index (χ0v) is 13.0. The van der Waals surface area contributed by atoms with Crippen molar-refractivity contribution in [2.24, 2.45) is 9.98 Å². The molecule has 2 aromatic carbocycles. The number of hydrogen-bond donors (Lipinski definition) is 0. The van der Waals surface area contributed by atoms with Gasteiger partial charge in [0.2, 0.25) is 0 Å².